The van der Waals surface area contributed by atoms with E-state index in [9.17, 15) is 9.59 Å². The van der Waals surface area contributed by atoms with Gasteiger partial charge in [-0.25, -0.2) is 0 Å². The maximum absolute atomic E-state index is 13.5. The van der Waals surface area contributed by atoms with E-state index in [1.165, 1.54) is 4.90 Å². The van der Waals surface area contributed by atoms with Crippen LogP contribution in [0.25, 0.3) is 0 Å². The van der Waals surface area contributed by atoms with Crippen LogP contribution in [0.4, 0.5) is 5.69 Å². The van der Waals surface area contributed by atoms with Crippen molar-refractivity contribution in [3.63, 3.8) is 0 Å². The van der Waals surface area contributed by atoms with Crippen molar-refractivity contribution in [1.29, 1.82) is 0 Å². The normalized spacial score (nSPS) is 16.6. The van der Waals surface area contributed by atoms with Gasteiger partial charge in [-0.2, -0.15) is 0 Å². The van der Waals surface area contributed by atoms with Gasteiger partial charge in [0.2, 0.25) is 12.7 Å². The maximum atomic E-state index is 13.5. The number of nitrogens with zero attached hydrogens (tertiary/aromatic N) is 2. The van der Waals surface area contributed by atoms with Crippen LogP contribution in [0.2, 0.25) is 0 Å². The molecule has 0 saturated carbocycles. The predicted molar refractivity (Wildman–Crippen MR) is 136 cm³/mol. The Kier molecular flexibility index (Phi) is 6.63. The van der Waals surface area contributed by atoms with Crippen LogP contribution < -0.4 is 19.7 Å². The van der Waals surface area contributed by atoms with Crippen LogP contribution in [0, 0.1) is 0 Å². The third-order valence-electron chi connectivity index (χ3n) is 6.08. The Balaban J connectivity index is 1.32. The summed E-state index contributed by atoms with van der Waals surface area (Å²) in [6.45, 7) is 1.05. The Morgan fingerprint density at radius 2 is 1.66 bits per heavy atom. The highest BCUT2D eigenvalue weighted by atomic mass is 32.1. The zero-order chi connectivity index (χ0) is 24.2. The first-order valence-corrected chi connectivity index (χ1v) is 11.9. The number of thiocarbonyl (C=S) groups is 1. The quantitative estimate of drug-likeness (QED) is 0.489. The second-order valence-corrected chi connectivity index (χ2v) is 8.78. The van der Waals surface area contributed by atoms with Crippen LogP contribution in [-0.2, 0) is 22.6 Å². The van der Waals surface area contributed by atoms with E-state index in [0.29, 0.717) is 35.4 Å². The molecule has 2 amide bonds. The van der Waals surface area contributed by atoms with Crippen LogP contribution in [0.15, 0.2) is 78.9 Å². The van der Waals surface area contributed by atoms with E-state index < -0.39 is 6.04 Å². The highest BCUT2D eigenvalue weighted by Gasteiger charge is 2.44. The van der Waals surface area contributed by atoms with Crippen LogP contribution in [-0.4, -0.2) is 41.2 Å². The number of carbonyl (C=O) groups excluding carboxylic acids is 2. The number of anilines is 1. The van der Waals surface area contributed by atoms with Gasteiger partial charge in [-0.3, -0.25) is 14.5 Å². The standard InChI is InChI=1S/C27H25N3O4S/c31-25(28-14-13-19-7-3-1-4-8-19)16-22-26(32)30(21-9-5-2-6-10-21)27(35)29(22)17-20-11-12-23-24(15-20)34-18-33-23/h1-12,15,22H,13-14,16-18H2,(H,28,31)/t22-/m0/s1. The average molecular weight is 488 g/mol. The van der Waals surface area contributed by atoms with Crippen LogP contribution in [0.1, 0.15) is 17.5 Å². The number of amides is 2. The van der Waals surface area contributed by atoms with Gasteiger partial charge >= 0.3 is 0 Å². The molecule has 2 heterocycles. The van der Waals surface area contributed by atoms with Gasteiger partial charge in [0.25, 0.3) is 5.91 Å². The zero-order valence-electron chi connectivity index (χ0n) is 19.1. The summed E-state index contributed by atoms with van der Waals surface area (Å²) in [6.07, 6.45) is 0.738. The smallest absolute Gasteiger partial charge is 0.256 e. The molecular weight excluding hydrogens is 462 g/mol. The minimum Gasteiger partial charge on any atom is -0.454 e. The minimum absolute atomic E-state index is 0.0155. The fourth-order valence-corrected chi connectivity index (χ4v) is 4.69. The Hall–Kier alpha value is -3.91. The first-order chi connectivity index (χ1) is 17.1. The van der Waals surface area contributed by atoms with Crippen molar-refractivity contribution in [2.75, 3.05) is 18.2 Å². The average Bonchev–Trinajstić information content (AvgIpc) is 3.43. The van der Waals surface area contributed by atoms with E-state index in [-0.39, 0.29) is 25.0 Å². The van der Waals surface area contributed by atoms with E-state index in [0.717, 1.165) is 17.5 Å². The molecule has 1 fully saturated rings. The Labute approximate surface area is 209 Å². The summed E-state index contributed by atoms with van der Waals surface area (Å²) in [5, 5.41) is 3.33. The summed E-state index contributed by atoms with van der Waals surface area (Å²) in [5.74, 6) is 0.955. The summed E-state index contributed by atoms with van der Waals surface area (Å²) < 4.78 is 10.9. The van der Waals surface area contributed by atoms with E-state index in [1.807, 2.05) is 83.8 Å². The molecule has 1 atom stereocenters. The molecule has 5 rings (SSSR count). The van der Waals surface area contributed by atoms with Crippen molar-refractivity contribution in [3.8, 4) is 11.5 Å². The molecule has 1 saturated heterocycles. The number of ether oxygens (including phenoxy) is 2. The lowest BCUT2D eigenvalue weighted by Crippen LogP contribution is -2.39. The van der Waals surface area contributed by atoms with Gasteiger partial charge < -0.3 is 19.7 Å². The van der Waals surface area contributed by atoms with Crippen molar-refractivity contribution < 1.29 is 19.1 Å². The number of hydrogen-bond acceptors (Lipinski definition) is 5. The van der Waals surface area contributed by atoms with Gasteiger partial charge in [0.05, 0.1) is 12.1 Å². The lowest BCUT2D eigenvalue weighted by Gasteiger charge is -2.24. The van der Waals surface area contributed by atoms with Crippen molar-refractivity contribution in [2.45, 2.75) is 25.4 Å². The maximum Gasteiger partial charge on any atom is 0.256 e. The van der Waals surface area contributed by atoms with Crippen LogP contribution >= 0.6 is 12.2 Å². The van der Waals surface area contributed by atoms with Crippen molar-refractivity contribution in [2.24, 2.45) is 0 Å². The third-order valence-corrected chi connectivity index (χ3v) is 6.50. The van der Waals surface area contributed by atoms with E-state index in [2.05, 4.69) is 5.32 Å². The molecule has 0 aromatic heterocycles. The number of fused-ring (bicyclic) bond motifs is 1. The molecule has 1 N–H and O–H groups in total. The van der Waals surface area contributed by atoms with Crippen molar-refractivity contribution in [3.05, 3.63) is 90.0 Å². The molecule has 0 bridgehead atoms. The zero-order valence-corrected chi connectivity index (χ0v) is 19.9. The number of rotatable bonds is 8. The highest BCUT2D eigenvalue weighted by molar-refractivity contribution is 7.80. The fourth-order valence-electron chi connectivity index (χ4n) is 4.30. The molecule has 3 aromatic carbocycles. The van der Waals surface area contributed by atoms with Gasteiger partial charge in [-0.15, -0.1) is 0 Å². The second kappa shape index (κ2) is 10.1. The highest BCUT2D eigenvalue weighted by Crippen LogP contribution is 2.34. The van der Waals surface area contributed by atoms with Crippen molar-refractivity contribution in [1.82, 2.24) is 10.2 Å². The molecule has 2 aliphatic heterocycles. The van der Waals surface area contributed by atoms with E-state index in [1.54, 1.807) is 0 Å². The molecule has 2 aliphatic rings. The molecule has 0 unspecified atom stereocenters. The summed E-state index contributed by atoms with van der Waals surface area (Å²) >= 11 is 5.74. The summed E-state index contributed by atoms with van der Waals surface area (Å²) in [7, 11) is 0. The van der Waals surface area contributed by atoms with Crippen molar-refractivity contribution >= 4 is 34.8 Å². The minimum atomic E-state index is -0.704. The Morgan fingerprint density at radius 3 is 2.43 bits per heavy atom. The number of nitrogens with one attached hydrogen (secondary N) is 1. The lowest BCUT2D eigenvalue weighted by molar-refractivity contribution is -0.127. The topological polar surface area (TPSA) is 71.1 Å². The molecule has 7 nitrogen and oxygen atoms in total. The van der Waals surface area contributed by atoms with E-state index >= 15 is 0 Å². The third kappa shape index (κ3) is 4.97. The summed E-state index contributed by atoms with van der Waals surface area (Å²) in [4.78, 5) is 29.7. The Morgan fingerprint density at radius 1 is 0.943 bits per heavy atom. The van der Waals surface area contributed by atoms with Gasteiger partial charge in [-0.1, -0.05) is 54.6 Å². The van der Waals surface area contributed by atoms with Gasteiger partial charge in [0, 0.05) is 13.1 Å². The summed E-state index contributed by atoms with van der Waals surface area (Å²) in [6, 6.07) is 24.2. The number of para-hydroxylation sites is 1. The number of carbonyl (C=O) groups is 2. The fraction of sp³-hybridized carbons (Fsp3) is 0.222. The monoisotopic (exact) mass is 487 g/mol. The molecular formula is C27H25N3O4S. The first-order valence-electron chi connectivity index (χ1n) is 11.5. The van der Waals surface area contributed by atoms with Gasteiger partial charge in [0.15, 0.2) is 16.6 Å². The molecule has 0 spiro atoms. The second-order valence-electron chi connectivity index (χ2n) is 8.41. The molecule has 0 radical (unpaired) electrons. The van der Waals surface area contributed by atoms with Gasteiger partial charge in [-0.05, 0) is 54.0 Å². The number of hydrogen-bond donors (Lipinski definition) is 1. The summed E-state index contributed by atoms with van der Waals surface area (Å²) in [5.41, 5.74) is 2.74. The van der Waals surface area contributed by atoms with E-state index in [4.69, 9.17) is 21.7 Å². The molecule has 0 aliphatic carbocycles. The van der Waals surface area contributed by atoms with Gasteiger partial charge in [0.1, 0.15) is 6.04 Å². The lowest BCUT2D eigenvalue weighted by atomic mass is 10.1. The van der Waals surface area contributed by atoms with Crippen LogP contribution in [0.3, 0.4) is 0 Å². The Bertz CT molecular complexity index is 1240. The predicted octanol–water partition coefficient (Wildman–Crippen LogP) is 3.67. The molecule has 3 aromatic rings. The molecule has 178 valence electrons. The SMILES string of the molecule is O=C(C[C@H]1C(=O)N(c2ccccc2)C(=S)N1Cc1ccc2c(c1)OCO2)NCCc1ccccc1. The largest absolute Gasteiger partial charge is 0.454 e. The molecule has 35 heavy (non-hydrogen) atoms. The van der Waals surface area contributed by atoms with Crippen LogP contribution in [0.5, 0.6) is 11.5 Å². The molecule has 8 heteroatoms. The number of benzene rings is 3. The first kappa shape index (κ1) is 22.9.